The second-order valence-electron chi connectivity index (χ2n) is 10.3. The van der Waals surface area contributed by atoms with Crippen LogP contribution in [0.2, 0.25) is 0 Å². The zero-order chi connectivity index (χ0) is 35.3. The molecule has 18 heteroatoms. The van der Waals surface area contributed by atoms with Crippen LogP contribution in [0.4, 0.5) is 0 Å². The molecule has 0 radical (unpaired) electrons. The van der Waals surface area contributed by atoms with E-state index in [0.717, 1.165) is 25.7 Å². The second kappa shape index (κ2) is 22.1. The van der Waals surface area contributed by atoms with Crippen molar-refractivity contribution in [1.82, 2.24) is 21.3 Å². The van der Waals surface area contributed by atoms with Crippen LogP contribution in [-0.2, 0) is 32.5 Å². The highest BCUT2D eigenvalue weighted by Gasteiger charge is 2.24. The Kier molecular flexibility index (Phi) is 18.2. The SMILES string of the molecule is CCCCNC(=O)[C@@H](CSSC[C@@H](NC(=O)c1ccc(CO[N+](=O)[O-])cc1)C(=O)NCCCC)NC(=O)c1ccc(CO[N+](=O)[O-])cc1. The molecule has 4 amide bonds. The Labute approximate surface area is 285 Å². The van der Waals surface area contributed by atoms with E-state index in [-0.39, 0.29) is 47.7 Å². The number of unbranched alkanes of at least 4 members (excludes halogenated alkanes) is 2. The summed E-state index contributed by atoms with van der Waals surface area (Å²) in [7, 11) is 2.49. The third-order valence-corrected chi connectivity index (χ3v) is 8.98. The van der Waals surface area contributed by atoms with Crippen LogP contribution in [0, 0.1) is 20.2 Å². The van der Waals surface area contributed by atoms with Crippen molar-refractivity contribution >= 4 is 45.2 Å². The summed E-state index contributed by atoms with van der Waals surface area (Å²) in [4.78, 5) is 81.5. The average Bonchev–Trinajstić information content (AvgIpc) is 3.07. The number of carbonyl (C=O) groups excluding carboxylic acids is 4. The number of nitrogens with one attached hydrogen (secondary N) is 4. The molecule has 2 rings (SSSR count). The van der Waals surface area contributed by atoms with Gasteiger partial charge in [-0.05, 0) is 48.2 Å². The minimum absolute atomic E-state index is 0.148. The summed E-state index contributed by atoms with van der Waals surface area (Å²) in [5, 5.41) is 30.1. The Morgan fingerprint density at radius 3 is 1.33 bits per heavy atom. The van der Waals surface area contributed by atoms with Crippen LogP contribution in [0.5, 0.6) is 0 Å². The van der Waals surface area contributed by atoms with Crippen molar-refractivity contribution in [1.29, 1.82) is 0 Å². The van der Waals surface area contributed by atoms with E-state index in [1.807, 2.05) is 13.8 Å². The largest absolute Gasteiger partial charge is 0.354 e. The highest BCUT2D eigenvalue weighted by atomic mass is 33.1. The van der Waals surface area contributed by atoms with E-state index in [2.05, 4.69) is 30.9 Å². The van der Waals surface area contributed by atoms with E-state index in [1.165, 1.54) is 70.1 Å². The molecule has 0 spiro atoms. The summed E-state index contributed by atoms with van der Waals surface area (Å²) in [5.74, 6) is -1.50. The van der Waals surface area contributed by atoms with Crippen molar-refractivity contribution < 1.29 is 39.0 Å². The summed E-state index contributed by atoms with van der Waals surface area (Å²) in [6.45, 7) is 4.29. The highest BCUT2D eigenvalue weighted by Crippen LogP contribution is 2.24. The van der Waals surface area contributed by atoms with Gasteiger partial charge in [-0.25, -0.2) is 0 Å². The van der Waals surface area contributed by atoms with Gasteiger partial charge in [0, 0.05) is 35.7 Å². The summed E-state index contributed by atoms with van der Waals surface area (Å²) in [6, 6.07) is 10.1. The molecule has 0 saturated heterocycles. The molecule has 0 aliphatic heterocycles. The molecular formula is C30H40N6O10S2. The molecular weight excluding hydrogens is 668 g/mol. The van der Waals surface area contributed by atoms with Gasteiger partial charge in [0.05, 0.1) is 0 Å². The third-order valence-electron chi connectivity index (χ3n) is 6.56. The molecule has 0 bridgehead atoms. The van der Waals surface area contributed by atoms with Crippen LogP contribution < -0.4 is 21.3 Å². The van der Waals surface area contributed by atoms with E-state index in [1.54, 1.807) is 0 Å². The van der Waals surface area contributed by atoms with E-state index in [4.69, 9.17) is 0 Å². The molecule has 0 aliphatic carbocycles. The lowest BCUT2D eigenvalue weighted by Crippen LogP contribution is -2.49. The fourth-order valence-electron chi connectivity index (χ4n) is 3.86. The van der Waals surface area contributed by atoms with Gasteiger partial charge in [-0.15, -0.1) is 20.2 Å². The maximum atomic E-state index is 13.0. The molecule has 0 heterocycles. The molecule has 2 aromatic carbocycles. The Morgan fingerprint density at radius 2 is 1.02 bits per heavy atom. The number of amides is 4. The molecule has 2 aromatic rings. The Hall–Kier alpha value is -4.58. The highest BCUT2D eigenvalue weighted by molar-refractivity contribution is 8.76. The van der Waals surface area contributed by atoms with Crippen LogP contribution in [-0.4, -0.2) is 70.5 Å². The monoisotopic (exact) mass is 708 g/mol. The first-order valence-corrected chi connectivity index (χ1v) is 17.7. The van der Waals surface area contributed by atoms with Gasteiger partial charge in [-0.1, -0.05) is 72.5 Å². The number of benzene rings is 2. The average molecular weight is 709 g/mol. The fourth-order valence-corrected chi connectivity index (χ4v) is 6.19. The van der Waals surface area contributed by atoms with Crippen LogP contribution in [0.25, 0.3) is 0 Å². The lowest BCUT2D eigenvalue weighted by molar-refractivity contribution is -0.763. The van der Waals surface area contributed by atoms with Crippen molar-refractivity contribution in [2.24, 2.45) is 0 Å². The Bertz CT molecular complexity index is 1260. The van der Waals surface area contributed by atoms with Gasteiger partial charge in [0.15, 0.2) is 0 Å². The minimum Gasteiger partial charge on any atom is -0.354 e. The molecule has 262 valence electrons. The Balaban J connectivity index is 2.05. The molecule has 0 aliphatic rings. The van der Waals surface area contributed by atoms with Gasteiger partial charge in [0.2, 0.25) is 11.8 Å². The molecule has 0 saturated carbocycles. The lowest BCUT2D eigenvalue weighted by atomic mass is 10.1. The van der Waals surface area contributed by atoms with Crippen molar-refractivity contribution in [2.45, 2.75) is 64.8 Å². The molecule has 4 N–H and O–H groups in total. The van der Waals surface area contributed by atoms with Gasteiger partial charge >= 0.3 is 0 Å². The number of rotatable bonds is 23. The first-order valence-electron chi connectivity index (χ1n) is 15.2. The molecule has 0 aromatic heterocycles. The van der Waals surface area contributed by atoms with E-state index in [0.29, 0.717) is 24.2 Å². The number of hydrogen-bond donors (Lipinski definition) is 4. The van der Waals surface area contributed by atoms with Gasteiger partial charge in [0.25, 0.3) is 22.0 Å². The molecule has 0 unspecified atom stereocenters. The van der Waals surface area contributed by atoms with Crippen LogP contribution >= 0.6 is 21.6 Å². The summed E-state index contributed by atoms with van der Waals surface area (Å²) in [6.07, 6.45) is 3.24. The van der Waals surface area contributed by atoms with E-state index >= 15 is 0 Å². The normalized spacial score (nSPS) is 11.8. The zero-order valence-corrected chi connectivity index (χ0v) is 28.3. The predicted octanol–water partition coefficient (Wildman–Crippen LogP) is 3.21. The lowest BCUT2D eigenvalue weighted by Gasteiger charge is -2.20. The van der Waals surface area contributed by atoms with Crippen LogP contribution in [0.1, 0.15) is 71.4 Å². The predicted molar refractivity (Wildman–Crippen MR) is 180 cm³/mol. The van der Waals surface area contributed by atoms with Crippen molar-refractivity contribution in [3.05, 3.63) is 91.0 Å². The minimum atomic E-state index is -0.923. The smallest absolute Gasteiger partial charge is 0.294 e. The summed E-state index contributed by atoms with van der Waals surface area (Å²) < 4.78 is 0. The first kappa shape index (κ1) is 39.6. The van der Waals surface area contributed by atoms with Crippen molar-refractivity contribution in [2.75, 3.05) is 24.6 Å². The number of nitrogens with zero attached hydrogens (tertiary/aromatic N) is 2. The fraction of sp³-hybridized carbons (Fsp3) is 0.467. The third kappa shape index (κ3) is 15.3. The van der Waals surface area contributed by atoms with Crippen molar-refractivity contribution in [3.63, 3.8) is 0 Å². The maximum Gasteiger partial charge on any atom is 0.294 e. The van der Waals surface area contributed by atoms with E-state index in [9.17, 15) is 39.4 Å². The van der Waals surface area contributed by atoms with Gasteiger partial charge in [0.1, 0.15) is 25.3 Å². The molecule has 2 atom stereocenters. The molecule has 48 heavy (non-hydrogen) atoms. The topological polar surface area (TPSA) is 221 Å². The van der Waals surface area contributed by atoms with Crippen LogP contribution in [0.15, 0.2) is 48.5 Å². The second-order valence-corrected chi connectivity index (χ2v) is 12.9. The summed E-state index contributed by atoms with van der Waals surface area (Å²) >= 11 is 0. The Morgan fingerprint density at radius 1 is 0.667 bits per heavy atom. The van der Waals surface area contributed by atoms with Gasteiger partial charge in [-0.3, -0.25) is 19.2 Å². The summed E-state index contributed by atoms with van der Waals surface area (Å²) in [5.41, 5.74) is 1.47. The standard InChI is InChI=1S/C30H40N6O10S2/c1-3-5-15-31-29(39)25(33-27(37)23-11-7-21(8-12-23)17-45-35(41)42)19-47-48-20-26(30(40)32-16-6-4-2)34-28(38)24-13-9-22(10-14-24)18-46-36(43)44/h7-14,25-26H,3-6,15-20H2,1-2H3,(H,31,39)(H,32,40)(H,33,37)(H,34,38)/t25-,26-/m1/s1. The quantitative estimate of drug-likeness (QED) is 0.0566. The molecule has 0 fully saturated rings. The number of hydrogen-bond acceptors (Lipinski definition) is 12. The molecule has 16 nitrogen and oxygen atoms in total. The van der Waals surface area contributed by atoms with Gasteiger partial charge in [-0.2, -0.15) is 0 Å². The van der Waals surface area contributed by atoms with Crippen LogP contribution in [0.3, 0.4) is 0 Å². The number of carbonyl (C=O) groups is 4. The zero-order valence-electron chi connectivity index (χ0n) is 26.6. The van der Waals surface area contributed by atoms with Gasteiger partial charge < -0.3 is 30.9 Å². The van der Waals surface area contributed by atoms with Crippen molar-refractivity contribution in [3.8, 4) is 0 Å². The maximum absolute atomic E-state index is 13.0. The first-order chi connectivity index (χ1) is 23.0. The van der Waals surface area contributed by atoms with E-state index < -0.39 is 34.1 Å².